The Bertz CT molecular complexity index is 805. The number of nitrogens with zero attached hydrogens (tertiary/aromatic N) is 2. The molecule has 2 aromatic rings. The van der Waals surface area contributed by atoms with Gasteiger partial charge in [-0.2, -0.15) is 0 Å². The van der Waals surface area contributed by atoms with Crippen molar-refractivity contribution in [2.75, 3.05) is 13.1 Å². The van der Waals surface area contributed by atoms with Gasteiger partial charge in [0.05, 0.1) is 11.7 Å². The molecule has 1 N–H and O–H groups in total. The summed E-state index contributed by atoms with van der Waals surface area (Å²) in [4.78, 5) is 19.0. The normalized spacial score (nSPS) is 19.8. The monoisotopic (exact) mass is 387 g/mol. The second-order valence-corrected chi connectivity index (χ2v) is 8.18. The molecule has 0 radical (unpaired) electrons. The molecule has 1 saturated carbocycles. The molecule has 1 unspecified atom stereocenters. The van der Waals surface area contributed by atoms with Gasteiger partial charge in [0.1, 0.15) is 0 Å². The fourth-order valence-electron chi connectivity index (χ4n) is 3.72. The summed E-state index contributed by atoms with van der Waals surface area (Å²) in [7, 11) is 0. The first-order valence-corrected chi connectivity index (χ1v) is 10.2. The summed E-state index contributed by atoms with van der Waals surface area (Å²) in [6.07, 6.45) is 4.07. The van der Waals surface area contributed by atoms with E-state index < -0.39 is 0 Å². The molecule has 4 rings (SSSR count). The van der Waals surface area contributed by atoms with Gasteiger partial charge in [0.15, 0.2) is 5.76 Å². The number of benzene rings is 1. The average molecular weight is 388 g/mol. The van der Waals surface area contributed by atoms with Gasteiger partial charge in [-0.1, -0.05) is 11.6 Å². The van der Waals surface area contributed by atoms with Gasteiger partial charge >= 0.3 is 0 Å². The minimum absolute atomic E-state index is 0.116. The molecule has 1 aliphatic carbocycles. The Labute approximate surface area is 165 Å². The lowest BCUT2D eigenvalue weighted by molar-refractivity contribution is -0.123. The summed E-state index contributed by atoms with van der Waals surface area (Å²) in [6, 6.07) is 8.06. The molecule has 1 aromatic carbocycles. The predicted molar refractivity (Wildman–Crippen MR) is 106 cm³/mol. The highest BCUT2D eigenvalue weighted by Crippen LogP contribution is 2.32. The Morgan fingerprint density at radius 2 is 1.89 bits per heavy atom. The standard InChI is InChI=1S/C21H26ClN3O2/c1-13-19(15-5-7-17(22)8-6-15)27-21(23-13)14(2)25-11-9-18(10-12-25)24-20(26)16-3-4-16/h5-8,14,16,18H,3-4,9-12H2,1-2H3,(H,24,26). The highest BCUT2D eigenvalue weighted by Gasteiger charge is 2.33. The summed E-state index contributed by atoms with van der Waals surface area (Å²) in [5.41, 5.74) is 1.88. The van der Waals surface area contributed by atoms with E-state index in [4.69, 9.17) is 16.0 Å². The maximum absolute atomic E-state index is 11.9. The first-order valence-electron chi connectivity index (χ1n) is 9.79. The van der Waals surface area contributed by atoms with Crippen LogP contribution in [0.3, 0.4) is 0 Å². The summed E-state index contributed by atoms with van der Waals surface area (Å²) in [6.45, 7) is 5.99. The largest absolute Gasteiger partial charge is 0.439 e. The molecule has 27 heavy (non-hydrogen) atoms. The van der Waals surface area contributed by atoms with E-state index in [-0.39, 0.29) is 17.9 Å². The smallest absolute Gasteiger partial charge is 0.223 e. The molecule has 1 saturated heterocycles. The topological polar surface area (TPSA) is 58.4 Å². The average Bonchev–Trinajstić information content (AvgIpc) is 3.45. The highest BCUT2D eigenvalue weighted by atomic mass is 35.5. The van der Waals surface area contributed by atoms with Gasteiger partial charge in [0, 0.05) is 35.6 Å². The number of carbonyl (C=O) groups excluding carboxylic acids is 1. The molecule has 0 spiro atoms. The number of piperidine rings is 1. The van der Waals surface area contributed by atoms with Crippen LogP contribution in [0.2, 0.25) is 5.02 Å². The number of carbonyl (C=O) groups is 1. The zero-order valence-electron chi connectivity index (χ0n) is 15.9. The van der Waals surface area contributed by atoms with E-state index in [0.717, 1.165) is 61.7 Å². The van der Waals surface area contributed by atoms with E-state index >= 15 is 0 Å². The number of amides is 1. The molecule has 1 aliphatic heterocycles. The number of nitrogens with one attached hydrogen (secondary N) is 1. The van der Waals surface area contributed by atoms with Crippen LogP contribution in [0.25, 0.3) is 11.3 Å². The lowest BCUT2D eigenvalue weighted by atomic mass is 10.0. The first kappa shape index (κ1) is 18.5. The van der Waals surface area contributed by atoms with Crippen LogP contribution in [-0.2, 0) is 4.79 Å². The van der Waals surface area contributed by atoms with E-state index in [1.807, 2.05) is 31.2 Å². The van der Waals surface area contributed by atoms with Crippen LogP contribution in [-0.4, -0.2) is 34.9 Å². The third-order valence-corrected chi connectivity index (χ3v) is 5.90. The van der Waals surface area contributed by atoms with Crippen molar-refractivity contribution >= 4 is 17.5 Å². The first-order chi connectivity index (χ1) is 13.0. The van der Waals surface area contributed by atoms with Crippen molar-refractivity contribution in [1.82, 2.24) is 15.2 Å². The van der Waals surface area contributed by atoms with Crippen LogP contribution >= 0.6 is 11.6 Å². The van der Waals surface area contributed by atoms with Crippen LogP contribution in [0, 0.1) is 12.8 Å². The van der Waals surface area contributed by atoms with Gasteiger partial charge in [-0.15, -0.1) is 0 Å². The minimum Gasteiger partial charge on any atom is -0.439 e. The summed E-state index contributed by atoms with van der Waals surface area (Å²) in [5, 5.41) is 3.91. The highest BCUT2D eigenvalue weighted by molar-refractivity contribution is 6.30. The van der Waals surface area contributed by atoms with Crippen LogP contribution in [0.15, 0.2) is 28.7 Å². The van der Waals surface area contributed by atoms with Gasteiger partial charge in [0.2, 0.25) is 11.8 Å². The fourth-order valence-corrected chi connectivity index (χ4v) is 3.84. The molecular weight excluding hydrogens is 362 g/mol. The molecule has 6 heteroatoms. The van der Waals surface area contributed by atoms with Crippen molar-refractivity contribution in [3.8, 4) is 11.3 Å². The molecule has 5 nitrogen and oxygen atoms in total. The molecule has 1 amide bonds. The Balaban J connectivity index is 1.38. The Hall–Kier alpha value is -1.85. The van der Waals surface area contributed by atoms with Gasteiger partial charge in [-0.3, -0.25) is 9.69 Å². The van der Waals surface area contributed by atoms with E-state index in [1.54, 1.807) is 0 Å². The molecular formula is C21H26ClN3O2. The van der Waals surface area contributed by atoms with Crippen LogP contribution < -0.4 is 5.32 Å². The zero-order chi connectivity index (χ0) is 19.0. The van der Waals surface area contributed by atoms with Crippen molar-refractivity contribution in [2.45, 2.75) is 51.6 Å². The Morgan fingerprint density at radius 3 is 2.52 bits per heavy atom. The van der Waals surface area contributed by atoms with Crippen molar-refractivity contribution in [3.63, 3.8) is 0 Å². The van der Waals surface area contributed by atoms with Crippen LogP contribution in [0.1, 0.15) is 50.2 Å². The SMILES string of the molecule is Cc1nc(C(C)N2CCC(NC(=O)C3CC3)CC2)oc1-c1ccc(Cl)cc1. The van der Waals surface area contributed by atoms with Crippen molar-refractivity contribution in [3.05, 3.63) is 40.9 Å². The minimum atomic E-state index is 0.116. The fraction of sp³-hybridized carbons (Fsp3) is 0.524. The third-order valence-electron chi connectivity index (χ3n) is 5.65. The van der Waals surface area contributed by atoms with E-state index in [1.165, 1.54) is 0 Å². The Kier molecular flexibility index (Phi) is 5.24. The van der Waals surface area contributed by atoms with E-state index in [0.29, 0.717) is 11.1 Å². The Morgan fingerprint density at radius 1 is 1.22 bits per heavy atom. The number of halogens is 1. The maximum Gasteiger partial charge on any atom is 0.223 e. The number of hydrogen-bond donors (Lipinski definition) is 1. The van der Waals surface area contributed by atoms with Crippen LogP contribution in [0.4, 0.5) is 0 Å². The molecule has 2 heterocycles. The number of oxazole rings is 1. The second kappa shape index (κ2) is 7.64. The molecule has 1 atom stereocenters. The zero-order valence-corrected chi connectivity index (χ0v) is 16.6. The number of hydrogen-bond acceptors (Lipinski definition) is 4. The second-order valence-electron chi connectivity index (χ2n) is 7.74. The van der Waals surface area contributed by atoms with Crippen molar-refractivity contribution < 1.29 is 9.21 Å². The molecule has 1 aromatic heterocycles. The van der Waals surface area contributed by atoms with Crippen molar-refractivity contribution in [1.29, 1.82) is 0 Å². The van der Waals surface area contributed by atoms with E-state index in [9.17, 15) is 4.79 Å². The van der Waals surface area contributed by atoms with Gasteiger partial charge in [-0.25, -0.2) is 4.98 Å². The number of aryl methyl sites for hydroxylation is 1. The summed E-state index contributed by atoms with van der Waals surface area (Å²) < 4.78 is 6.12. The summed E-state index contributed by atoms with van der Waals surface area (Å²) in [5.74, 6) is 2.08. The molecule has 2 fully saturated rings. The number of rotatable bonds is 5. The van der Waals surface area contributed by atoms with Crippen LogP contribution in [0.5, 0.6) is 0 Å². The summed E-state index contributed by atoms with van der Waals surface area (Å²) >= 11 is 5.98. The predicted octanol–water partition coefficient (Wildman–Crippen LogP) is 4.36. The van der Waals surface area contributed by atoms with E-state index in [2.05, 4.69) is 22.1 Å². The van der Waals surface area contributed by atoms with Gasteiger partial charge in [0.25, 0.3) is 0 Å². The quantitative estimate of drug-likeness (QED) is 0.828. The molecule has 144 valence electrons. The lowest BCUT2D eigenvalue weighted by Crippen LogP contribution is -2.45. The molecule has 2 aliphatic rings. The molecule has 0 bridgehead atoms. The lowest BCUT2D eigenvalue weighted by Gasteiger charge is -2.35. The number of likely N-dealkylation sites (tertiary alicyclic amines) is 1. The number of aromatic nitrogens is 1. The van der Waals surface area contributed by atoms with Crippen molar-refractivity contribution in [2.24, 2.45) is 5.92 Å². The van der Waals surface area contributed by atoms with Gasteiger partial charge in [-0.05, 0) is 63.8 Å². The van der Waals surface area contributed by atoms with Gasteiger partial charge < -0.3 is 9.73 Å². The third kappa shape index (κ3) is 4.19. The maximum atomic E-state index is 11.9.